The van der Waals surface area contributed by atoms with E-state index in [1.165, 1.54) is 35.2 Å². The maximum Gasteiger partial charge on any atom is 0.234 e. The normalized spacial score (nSPS) is 10.5. The third-order valence-electron chi connectivity index (χ3n) is 2.13. The summed E-state index contributed by atoms with van der Waals surface area (Å²) in [7, 11) is 0. The molecule has 1 N–H and O–H groups in total. The zero-order chi connectivity index (χ0) is 13.8. The number of amides is 1. The molecule has 1 heterocycles. The SMILES string of the molecule is Cc1csc(SCC(=O)Nc2ccc(Br)cc2F)n1. The molecule has 2 aromatic rings. The maximum atomic E-state index is 13.5. The van der Waals surface area contributed by atoms with E-state index in [4.69, 9.17) is 0 Å². The Bertz CT molecular complexity index is 603. The van der Waals surface area contributed by atoms with Crippen molar-refractivity contribution in [2.45, 2.75) is 11.3 Å². The van der Waals surface area contributed by atoms with Crippen LogP contribution >= 0.6 is 39.0 Å². The highest BCUT2D eigenvalue weighted by molar-refractivity contribution is 9.10. The van der Waals surface area contributed by atoms with Gasteiger partial charge in [0.25, 0.3) is 0 Å². The Morgan fingerprint density at radius 3 is 3.00 bits per heavy atom. The average Bonchev–Trinajstić information content (AvgIpc) is 2.76. The minimum absolute atomic E-state index is 0.184. The zero-order valence-electron chi connectivity index (χ0n) is 9.94. The Kier molecular flexibility index (Phi) is 4.95. The van der Waals surface area contributed by atoms with E-state index in [0.29, 0.717) is 4.47 Å². The van der Waals surface area contributed by atoms with Crippen LogP contribution in [0.4, 0.5) is 10.1 Å². The zero-order valence-corrected chi connectivity index (χ0v) is 13.2. The van der Waals surface area contributed by atoms with Crippen LogP contribution in [0.3, 0.4) is 0 Å². The van der Waals surface area contributed by atoms with Crippen molar-refractivity contribution in [3.63, 3.8) is 0 Å². The van der Waals surface area contributed by atoms with Crippen molar-refractivity contribution < 1.29 is 9.18 Å². The van der Waals surface area contributed by atoms with E-state index in [0.717, 1.165) is 10.0 Å². The molecule has 0 fully saturated rings. The summed E-state index contributed by atoms with van der Waals surface area (Å²) in [4.78, 5) is 15.9. The number of anilines is 1. The van der Waals surface area contributed by atoms with Gasteiger partial charge in [-0.2, -0.15) is 0 Å². The van der Waals surface area contributed by atoms with Crippen molar-refractivity contribution in [3.8, 4) is 0 Å². The average molecular weight is 361 g/mol. The topological polar surface area (TPSA) is 42.0 Å². The number of carbonyl (C=O) groups is 1. The Hall–Kier alpha value is -0.920. The van der Waals surface area contributed by atoms with Gasteiger partial charge in [0.05, 0.1) is 11.4 Å². The van der Waals surface area contributed by atoms with Gasteiger partial charge >= 0.3 is 0 Å². The Labute approximate surface area is 126 Å². The van der Waals surface area contributed by atoms with Gasteiger partial charge in [-0.15, -0.1) is 11.3 Å². The van der Waals surface area contributed by atoms with Gasteiger partial charge in [0.15, 0.2) is 4.34 Å². The van der Waals surface area contributed by atoms with Gasteiger partial charge in [-0.05, 0) is 25.1 Å². The third-order valence-corrected chi connectivity index (χ3v) is 4.76. The molecule has 0 unspecified atom stereocenters. The van der Waals surface area contributed by atoms with Gasteiger partial charge < -0.3 is 5.32 Å². The van der Waals surface area contributed by atoms with Crippen LogP contribution in [0.15, 0.2) is 32.4 Å². The second-order valence-electron chi connectivity index (χ2n) is 3.72. The van der Waals surface area contributed by atoms with Crippen molar-refractivity contribution in [1.29, 1.82) is 0 Å². The van der Waals surface area contributed by atoms with E-state index >= 15 is 0 Å². The summed E-state index contributed by atoms with van der Waals surface area (Å²) in [5, 5.41) is 4.46. The fourth-order valence-corrected chi connectivity index (χ4v) is 3.29. The van der Waals surface area contributed by atoms with E-state index in [9.17, 15) is 9.18 Å². The quantitative estimate of drug-likeness (QED) is 0.835. The Morgan fingerprint density at radius 2 is 2.37 bits per heavy atom. The number of hydrogen-bond acceptors (Lipinski definition) is 4. The standard InChI is InChI=1S/C12H10BrFN2OS2/c1-7-5-18-12(15-7)19-6-11(17)16-10-3-2-8(13)4-9(10)14/h2-5H,6H2,1H3,(H,16,17). The predicted octanol–water partition coefficient (Wildman–Crippen LogP) is 4.08. The summed E-state index contributed by atoms with van der Waals surface area (Å²) in [5.41, 5.74) is 1.12. The number of nitrogens with one attached hydrogen (secondary N) is 1. The fourth-order valence-electron chi connectivity index (χ4n) is 1.30. The molecule has 0 aliphatic rings. The second kappa shape index (κ2) is 6.49. The number of rotatable bonds is 4. The number of thiazole rings is 1. The molecule has 1 amide bonds. The molecular weight excluding hydrogens is 351 g/mol. The molecule has 0 aliphatic heterocycles. The van der Waals surface area contributed by atoms with Crippen LogP contribution < -0.4 is 5.32 Å². The van der Waals surface area contributed by atoms with Crippen molar-refractivity contribution >= 4 is 50.6 Å². The van der Waals surface area contributed by atoms with E-state index in [1.54, 1.807) is 6.07 Å². The molecule has 3 nitrogen and oxygen atoms in total. The highest BCUT2D eigenvalue weighted by Crippen LogP contribution is 2.23. The van der Waals surface area contributed by atoms with Gasteiger partial charge in [0.1, 0.15) is 5.82 Å². The number of benzene rings is 1. The molecular formula is C12H10BrFN2OS2. The van der Waals surface area contributed by atoms with Crippen molar-refractivity contribution in [2.75, 3.05) is 11.1 Å². The van der Waals surface area contributed by atoms with Gasteiger partial charge in [-0.1, -0.05) is 27.7 Å². The summed E-state index contributed by atoms with van der Waals surface area (Å²) in [6.45, 7) is 1.90. The molecule has 19 heavy (non-hydrogen) atoms. The van der Waals surface area contributed by atoms with Crippen molar-refractivity contribution in [1.82, 2.24) is 4.98 Å². The lowest BCUT2D eigenvalue weighted by atomic mass is 10.3. The van der Waals surface area contributed by atoms with E-state index in [-0.39, 0.29) is 17.3 Å². The van der Waals surface area contributed by atoms with Gasteiger partial charge in [0.2, 0.25) is 5.91 Å². The highest BCUT2D eigenvalue weighted by Gasteiger charge is 2.09. The minimum atomic E-state index is -0.460. The maximum absolute atomic E-state index is 13.5. The lowest BCUT2D eigenvalue weighted by Gasteiger charge is -2.05. The van der Waals surface area contributed by atoms with Crippen LogP contribution in [-0.2, 0) is 4.79 Å². The summed E-state index contributed by atoms with van der Waals surface area (Å²) < 4.78 is 15.0. The first kappa shape index (κ1) is 14.5. The third kappa shape index (κ3) is 4.29. The van der Waals surface area contributed by atoms with Crippen LogP contribution in [0.1, 0.15) is 5.69 Å². The number of halogens is 2. The second-order valence-corrected chi connectivity index (χ2v) is 6.71. The first-order valence-electron chi connectivity index (χ1n) is 5.34. The molecule has 7 heteroatoms. The van der Waals surface area contributed by atoms with Crippen LogP contribution in [0.25, 0.3) is 0 Å². The molecule has 0 saturated carbocycles. The summed E-state index contributed by atoms with van der Waals surface area (Å²) >= 11 is 6.00. The molecule has 2 rings (SSSR count). The summed E-state index contributed by atoms with van der Waals surface area (Å²) in [6.07, 6.45) is 0. The molecule has 1 aromatic heterocycles. The van der Waals surface area contributed by atoms with Gasteiger partial charge in [0, 0.05) is 15.5 Å². The molecule has 0 atom stereocenters. The van der Waals surface area contributed by atoms with Crippen LogP contribution in [-0.4, -0.2) is 16.6 Å². The number of hydrogen-bond donors (Lipinski definition) is 1. The molecule has 1 aromatic carbocycles. The molecule has 100 valence electrons. The monoisotopic (exact) mass is 360 g/mol. The predicted molar refractivity (Wildman–Crippen MR) is 80.3 cm³/mol. The summed E-state index contributed by atoms with van der Waals surface area (Å²) in [6, 6.07) is 4.51. The first-order valence-corrected chi connectivity index (χ1v) is 8.00. The van der Waals surface area contributed by atoms with E-state index in [1.807, 2.05) is 12.3 Å². The number of aryl methyl sites for hydroxylation is 1. The fraction of sp³-hybridized carbons (Fsp3) is 0.167. The van der Waals surface area contributed by atoms with Crippen LogP contribution in [0, 0.1) is 12.7 Å². The molecule has 0 aliphatic carbocycles. The summed E-state index contributed by atoms with van der Waals surface area (Å²) in [5.74, 6) is -0.500. The highest BCUT2D eigenvalue weighted by atomic mass is 79.9. The number of nitrogens with zero attached hydrogens (tertiary/aromatic N) is 1. The molecule has 0 radical (unpaired) electrons. The molecule has 0 spiro atoms. The van der Waals surface area contributed by atoms with Crippen molar-refractivity contribution in [3.05, 3.63) is 39.6 Å². The minimum Gasteiger partial charge on any atom is -0.323 e. The lowest BCUT2D eigenvalue weighted by molar-refractivity contribution is -0.113. The first-order chi connectivity index (χ1) is 9.04. The van der Waals surface area contributed by atoms with Crippen molar-refractivity contribution in [2.24, 2.45) is 0 Å². The van der Waals surface area contributed by atoms with E-state index < -0.39 is 5.82 Å². The number of thioether (sulfide) groups is 1. The Morgan fingerprint density at radius 1 is 1.58 bits per heavy atom. The molecule has 0 bridgehead atoms. The van der Waals surface area contributed by atoms with E-state index in [2.05, 4.69) is 26.2 Å². The largest absolute Gasteiger partial charge is 0.323 e. The van der Waals surface area contributed by atoms with Gasteiger partial charge in [-0.3, -0.25) is 4.79 Å². The lowest BCUT2D eigenvalue weighted by Crippen LogP contribution is -2.14. The van der Waals surface area contributed by atoms with Crippen LogP contribution in [0.2, 0.25) is 0 Å². The smallest absolute Gasteiger partial charge is 0.234 e. The number of carbonyl (C=O) groups excluding carboxylic acids is 1. The molecule has 0 saturated heterocycles. The Balaban J connectivity index is 1.90. The van der Waals surface area contributed by atoms with Gasteiger partial charge in [-0.25, -0.2) is 9.37 Å². The number of aromatic nitrogens is 1. The van der Waals surface area contributed by atoms with Crippen LogP contribution in [0.5, 0.6) is 0 Å².